The molecule has 19 heavy (non-hydrogen) atoms. The first-order valence-corrected chi connectivity index (χ1v) is 5.98. The summed E-state index contributed by atoms with van der Waals surface area (Å²) in [5, 5.41) is 3.12. The molecule has 3 rings (SSSR count). The van der Waals surface area contributed by atoms with Crippen LogP contribution >= 0.6 is 0 Å². The van der Waals surface area contributed by atoms with Crippen molar-refractivity contribution >= 4 is 0 Å². The highest BCUT2D eigenvalue weighted by Gasteiger charge is 2.34. The van der Waals surface area contributed by atoms with E-state index in [1.807, 2.05) is 0 Å². The number of benzene rings is 1. The molecule has 0 spiro atoms. The SMILES string of the molecule is FC(F)(F)c1ccccc1-c1ncc(C2CNC2)[nH]1. The first-order valence-electron chi connectivity index (χ1n) is 5.98. The summed E-state index contributed by atoms with van der Waals surface area (Å²) in [7, 11) is 0. The normalized spacial score (nSPS) is 16.4. The number of alkyl halides is 3. The number of hydrogen-bond donors (Lipinski definition) is 2. The Labute approximate surface area is 107 Å². The number of hydrogen-bond acceptors (Lipinski definition) is 2. The van der Waals surface area contributed by atoms with Crippen molar-refractivity contribution in [3.05, 3.63) is 41.7 Å². The predicted octanol–water partition coefficient (Wildman–Crippen LogP) is 2.78. The van der Waals surface area contributed by atoms with Gasteiger partial charge in [-0.2, -0.15) is 13.2 Å². The molecule has 0 radical (unpaired) electrons. The molecular weight excluding hydrogens is 255 g/mol. The Hall–Kier alpha value is -1.82. The predicted molar refractivity (Wildman–Crippen MR) is 64.6 cm³/mol. The third-order valence-corrected chi connectivity index (χ3v) is 3.30. The maximum atomic E-state index is 12.9. The van der Waals surface area contributed by atoms with Crippen molar-refractivity contribution in [2.24, 2.45) is 0 Å². The number of aromatic amines is 1. The summed E-state index contributed by atoms with van der Waals surface area (Å²) in [6, 6.07) is 5.47. The second-order valence-electron chi connectivity index (χ2n) is 4.59. The highest BCUT2D eigenvalue weighted by molar-refractivity contribution is 5.61. The zero-order valence-corrected chi connectivity index (χ0v) is 9.96. The van der Waals surface area contributed by atoms with E-state index in [0.29, 0.717) is 5.92 Å². The molecule has 1 aromatic heterocycles. The number of rotatable bonds is 2. The van der Waals surface area contributed by atoms with Crippen LogP contribution in [0.4, 0.5) is 13.2 Å². The molecule has 1 aliphatic heterocycles. The highest BCUT2D eigenvalue weighted by atomic mass is 19.4. The van der Waals surface area contributed by atoms with Crippen LogP contribution in [0.25, 0.3) is 11.4 Å². The lowest BCUT2D eigenvalue weighted by Gasteiger charge is -2.25. The van der Waals surface area contributed by atoms with Crippen molar-refractivity contribution in [2.45, 2.75) is 12.1 Å². The van der Waals surface area contributed by atoms with E-state index in [9.17, 15) is 13.2 Å². The lowest BCUT2D eigenvalue weighted by molar-refractivity contribution is -0.137. The number of H-pyrrole nitrogens is 1. The maximum Gasteiger partial charge on any atom is 0.417 e. The van der Waals surface area contributed by atoms with Crippen LogP contribution in [-0.4, -0.2) is 23.1 Å². The zero-order chi connectivity index (χ0) is 13.5. The topological polar surface area (TPSA) is 40.7 Å². The molecule has 1 aliphatic rings. The average molecular weight is 267 g/mol. The molecular formula is C13H12F3N3. The zero-order valence-electron chi connectivity index (χ0n) is 9.96. The van der Waals surface area contributed by atoms with Gasteiger partial charge in [-0.1, -0.05) is 18.2 Å². The van der Waals surface area contributed by atoms with E-state index in [4.69, 9.17) is 0 Å². The van der Waals surface area contributed by atoms with Crippen molar-refractivity contribution in [2.75, 3.05) is 13.1 Å². The van der Waals surface area contributed by atoms with Gasteiger partial charge in [0.25, 0.3) is 0 Å². The molecule has 0 saturated carbocycles. The van der Waals surface area contributed by atoms with E-state index in [2.05, 4.69) is 15.3 Å². The van der Waals surface area contributed by atoms with Gasteiger partial charge in [-0.05, 0) is 6.07 Å². The van der Waals surface area contributed by atoms with Gasteiger partial charge in [-0.3, -0.25) is 0 Å². The molecule has 0 aliphatic carbocycles. The van der Waals surface area contributed by atoms with Gasteiger partial charge >= 0.3 is 6.18 Å². The van der Waals surface area contributed by atoms with Gasteiger partial charge in [0.2, 0.25) is 0 Å². The Morgan fingerprint density at radius 1 is 1.16 bits per heavy atom. The Balaban J connectivity index is 1.99. The standard InChI is InChI=1S/C13H12F3N3/c14-13(15,16)10-4-2-1-3-9(10)12-18-7-11(19-12)8-5-17-6-8/h1-4,7-8,17H,5-6H2,(H,18,19). The molecule has 0 amide bonds. The van der Waals surface area contributed by atoms with E-state index in [1.165, 1.54) is 12.1 Å². The molecule has 2 heterocycles. The largest absolute Gasteiger partial charge is 0.417 e. The smallest absolute Gasteiger partial charge is 0.342 e. The van der Waals surface area contributed by atoms with Crippen LogP contribution in [0.3, 0.4) is 0 Å². The minimum absolute atomic E-state index is 0.0912. The fourth-order valence-electron chi connectivity index (χ4n) is 2.13. The molecule has 6 heteroatoms. The lowest BCUT2D eigenvalue weighted by Crippen LogP contribution is -2.40. The van der Waals surface area contributed by atoms with Gasteiger partial charge in [0.05, 0.1) is 5.56 Å². The molecule has 1 fully saturated rings. The van der Waals surface area contributed by atoms with Gasteiger partial charge in [0.1, 0.15) is 5.82 Å². The highest BCUT2D eigenvalue weighted by Crippen LogP contribution is 2.36. The summed E-state index contributed by atoms with van der Waals surface area (Å²) in [5.74, 6) is 0.592. The Kier molecular flexibility index (Phi) is 2.82. The minimum Gasteiger partial charge on any atom is -0.342 e. The fourth-order valence-corrected chi connectivity index (χ4v) is 2.13. The second kappa shape index (κ2) is 4.38. The molecule has 0 unspecified atom stereocenters. The minimum atomic E-state index is -4.37. The summed E-state index contributed by atoms with van der Waals surface area (Å²) in [6.07, 6.45) is -2.75. The van der Waals surface area contributed by atoms with Crippen LogP contribution in [0.15, 0.2) is 30.5 Å². The van der Waals surface area contributed by atoms with E-state index in [0.717, 1.165) is 24.8 Å². The number of nitrogens with zero attached hydrogens (tertiary/aromatic N) is 1. The number of aromatic nitrogens is 2. The summed E-state index contributed by atoms with van der Waals surface area (Å²) >= 11 is 0. The van der Waals surface area contributed by atoms with Crippen LogP contribution in [0, 0.1) is 0 Å². The molecule has 100 valence electrons. The van der Waals surface area contributed by atoms with Crippen LogP contribution < -0.4 is 5.32 Å². The van der Waals surface area contributed by atoms with Gasteiger partial charge in [0, 0.05) is 36.5 Å². The van der Waals surface area contributed by atoms with Crippen molar-refractivity contribution in [1.82, 2.24) is 15.3 Å². The molecule has 2 N–H and O–H groups in total. The van der Waals surface area contributed by atoms with Crippen molar-refractivity contribution in [3.8, 4) is 11.4 Å². The van der Waals surface area contributed by atoms with Gasteiger partial charge < -0.3 is 10.3 Å². The van der Waals surface area contributed by atoms with Gasteiger partial charge in [0.15, 0.2) is 0 Å². The molecule has 3 nitrogen and oxygen atoms in total. The lowest BCUT2D eigenvalue weighted by atomic mass is 10.0. The summed E-state index contributed by atoms with van der Waals surface area (Å²) < 4.78 is 38.8. The first kappa shape index (κ1) is 12.2. The van der Waals surface area contributed by atoms with Crippen LogP contribution in [0.2, 0.25) is 0 Å². The van der Waals surface area contributed by atoms with E-state index in [-0.39, 0.29) is 11.4 Å². The number of halogens is 3. The van der Waals surface area contributed by atoms with Crippen LogP contribution in [0.5, 0.6) is 0 Å². The third kappa shape index (κ3) is 2.23. The summed E-state index contributed by atoms with van der Waals surface area (Å²) in [5.41, 5.74) is 0.307. The van der Waals surface area contributed by atoms with Gasteiger partial charge in [-0.25, -0.2) is 4.98 Å². The Morgan fingerprint density at radius 2 is 1.89 bits per heavy atom. The third-order valence-electron chi connectivity index (χ3n) is 3.30. The molecule has 1 saturated heterocycles. The van der Waals surface area contributed by atoms with Crippen molar-refractivity contribution in [1.29, 1.82) is 0 Å². The molecule has 0 atom stereocenters. The van der Waals surface area contributed by atoms with Crippen molar-refractivity contribution < 1.29 is 13.2 Å². The van der Waals surface area contributed by atoms with Crippen LogP contribution in [0.1, 0.15) is 17.2 Å². The maximum absolute atomic E-state index is 12.9. The van der Waals surface area contributed by atoms with E-state index >= 15 is 0 Å². The average Bonchev–Trinajstić information content (AvgIpc) is 2.75. The molecule has 1 aromatic carbocycles. The quantitative estimate of drug-likeness (QED) is 0.878. The Morgan fingerprint density at radius 3 is 2.53 bits per heavy atom. The monoisotopic (exact) mass is 267 g/mol. The summed E-state index contributed by atoms with van der Waals surface area (Å²) in [4.78, 5) is 7.07. The Bertz CT molecular complexity index is 585. The van der Waals surface area contributed by atoms with E-state index in [1.54, 1.807) is 12.3 Å². The first-order chi connectivity index (χ1) is 9.05. The fraction of sp³-hybridized carbons (Fsp3) is 0.308. The molecule has 0 bridgehead atoms. The second-order valence-corrected chi connectivity index (χ2v) is 4.59. The number of nitrogens with one attached hydrogen (secondary N) is 2. The van der Waals surface area contributed by atoms with Crippen LogP contribution in [-0.2, 0) is 6.18 Å². The number of imidazole rings is 1. The van der Waals surface area contributed by atoms with E-state index < -0.39 is 11.7 Å². The summed E-state index contributed by atoms with van der Waals surface area (Å²) in [6.45, 7) is 1.67. The molecule has 2 aromatic rings. The van der Waals surface area contributed by atoms with Crippen molar-refractivity contribution in [3.63, 3.8) is 0 Å². The van der Waals surface area contributed by atoms with Gasteiger partial charge in [-0.15, -0.1) is 0 Å².